The highest BCUT2D eigenvalue weighted by atomic mass is 79.9. The molecule has 0 saturated heterocycles. The van der Waals surface area contributed by atoms with Gasteiger partial charge in [0.25, 0.3) is 0 Å². The van der Waals surface area contributed by atoms with Gasteiger partial charge in [-0.2, -0.15) is 0 Å². The molecular formula is C14H12Br2N2O. The molecule has 2 aromatic rings. The van der Waals surface area contributed by atoms with Crippen LogP contribution in [-0.2, 0) is 0 Å². The minimum Gasteiger partial charge on any atom is -0.493 e. The topological polar surface area (TPSA) is 34.2 Å². The average Bonchev–Trinajstić information content (AvgIpc) is 2.42. The van der Waals surface area contributed by atoms with E-state index < -0.39 is 0 Å². The number of rotatable bonds is 2. The van der Waals surface area contributed by atoms with Crippen LogP contribution in [0.4, 0.5) is 5.82 Å². The Balaban J connectivity index is 1.88. The number of hydrogen-bond acceptors (Lipinski definition) is 3. The third kappa shape index (κ3) is 2.77. The van der Waals surface area contributed by atoms with E-state index in [-0.39, 0.29) is 6.04 Å². The van der Waals surface area contributed by atoms with E-state index in [1.54, 1.807) is 6.20 Å². The molecule has 1 aromatic heterocycles. The summed E-state index contributed by atoms with van der Waals surface area (Å²) in [5, 5.41) is 3.47. The summed E-state index contributed by atoms with van der Waals surface area (Å²) in [7, 11) is 0. The number of anilines is 1. The van der Waals surface area contributed by atoms with Crippen LogP contribution in [0.25, 0.3) is 0 Å². The second-order valence-corrected chi connectivity index (χ2v) is 6.13. The number of nitrogens with one attached hydrogen (secondary N) is 1. The van der Waals surface area contributed by atoms with E-state index in [2.05, 4.69) is 48.2 Å². The normalized spacial score (nSPS) is 17.5. The first-order valence-corrected chi connectivity index (χ1v) is 7.62. The van der Waals surface area contributed by atoms with E-state index in [1.165, 1.54) is 5.56 Å². The van der Waals surface area contributed by atoms with Crippen LogP contribution in [0.15, 0.2) is 45.5 Å². The van der Waals surface area contributed by atoms with Gasteiger partial charge in [0.15, 0.2) is 0 Å². The molecule has 0 amide bonds. The van der Waals surface area contributed by atoms with Crippen molar-refractivity contribution >= 4 is 37.7 Å². The molecule has 0 spiro atoms. The van der Waals surface area contributed by atoms with Crippen LogP contribution in [0.5, 0.6) is 5.75 Å². The predicted molar refractivity (Wildman–Crippen MR) is 82.6 cm³/mol. The minimum absolute atomic E-state index is 0.231. The standard InChI is InChI=1S/C14H12Br2N2O/c15-9-7-11(16)14(17-8-9)18-12-5-6-19-13-4-2-1-3-10(12)13/h1-4,7-8,12H,5-6H2,(H,17,18). The highest BCUT2D eigenvalue weighted by molar-refractivity contribution is 9.11. The summed E-state index contributed by atoms with van der Waals surface area (Å²) in [5.41, 5.74) is 1.19. The summed E-state index contributed by atoms with van der Waals surface area (Å²) in [6.45, 7) is 0.725. The van der Waals surface area contributed by atoms with Gasteiger partial charge in [0, 0.05) is 22.7 Å². The Labute approximate surface area is 128 Å². The molecule has 0 fully saturated rings. The van der Waals surface area contributed by atoms with E-state index in [0.717, 1.165) is 33.5 Å². The van der Waals surface area contributed by atoms with Crippen molar-refractivity contribution in [2.24, 2.45) is 0 Å². The minimum atomic E-state index is 0.231. The molecule has 1 aliphatic heterocycles. The zero-order valence-corrected chi connectivity index (χ0v) is 13.2. The molecule has 1 aromatic carbocycles. The average molecular weight is 384 g/mol. The molecule has 0 aliphatic carbocycles. The molecule has 98 valence electrons. The molecular weight excluding hydrogens is 372 g/mol. The van der Waals surface area contributed by atoms with Crippen LogP contribution < -0.4 is 10.1 Å². The lowest BCUT2D eigenvalue weighted by molar-refractivity contribution is 0.274. The van der Waals surface area contributed by atoms with Gasteiger partial charge in [-0.1, -0.05) is 18.2 Å². The van der Waals surface area contributed by atoms with E-state index in [1.807, 2.05) is 24.3 Å². The molecule has 3 nitrogen and oxygen atoms in total. The number of hydrogen-bond donors (Lipinski definition) is 1. The molecule has 5 heteroatoms. The van der Waals surface area contributed by atoms with Crippen molar-refractivity contribution in [2.75, 3.05) is 11.9 Å². The molecule has 3 rings (SSSR count). The number of para-hydroxylation sites is 1. The summed E-state index contributed by atoms with van der Waals surface area (Å²) in [5.74, 6) is 1.81. The van der Waals surface area contributed by atoms with Crippen LogP contribution in [0, 0.1) is 0 Å². The fourth-order valence-electron chi connectivity index (χ4n) is 2.18. The van der Waals surface area contributed by atoms with Crippen LogP contribution in [-0.4, -0.2) is 11.6 Å². The fraction of sp³-hybridized carbons (Fsp3) is 0.214. The van der Waals surface area contributed by atoms with Gasteiger partial charge in [-0.25, -0.2) is 4.98 Å². The molecule has 1 N–H and O–H groups in total. The Morgan fingerprint density at radius 2 is 2.11 bits per heavy atom. The zero-order valence-electron chi connectivity index (χ0n) is 10.1. The Morgan fingerprint density at radius 3 is 2.95 bits per heavy atom. The molecule has 1 atom stereocenters. The fourth-order valence-corrected chi connectivity index (χ4v) is 3.28. The van der Waals surface area contributed by atoms with Crippen molar-refractivity contribution in [3.8, 4) is 5.75 Å². The number of halogens is 2. The van der Waals surface area contributed by atoms with Crippen molar-refractivity contribution in [1.82, 2.24) is 4.98 Å². The summed E-state index contributed by atoms with van der Waals surface area (Å²) in [6, 6.07) is 10.4. The van der Waals surface area contributed by atoms with E-state index in [9.17, 15) is 0 Å². The highest BCUT2D eigenvalue weighted by Gasteiger charge is 2.21. The predicted octanol–water partition coefficient (Wildman–Crippen LogP) is 4.54. The van der Waals surface area contributed by atoms with Crippen molar-refractivity contribution in [2.45, 2.75) is 12.5 Å². The number of nitrogens with zero attached hydrogens (tertiary/aromatic N) is 1. The van der Waals surface area contributed by atoms with Crippen LogP contribution in [0.3, 0.4) is 0 Å². The van der Waals surface area contributed by atoms with Crippen molar-refractivity contribution < 1.29 is 4.74 Å². The van der Waals surface area contributed by atoms with Crippen molar-refractivity contribution in [1.29, 1.82) is 0 Å². The van der Waals surface area contributed by atoms with Gasteiger partial charge in [-0.3, -0.25) is 0 Å². The molecule has 0 radical (unpaired) electrons. The van der Waals surface area contributed by atoms with Gasteiger partial charge in [-0.15, -0.1) is 0 Å². The van der Waals surface area contributed by atoms with Gasteiger partial charge in [0.05, 0.1) is 17.1 Å². The van der Waals surface area contributed by atoms with Crippen molar-refractivity contribution in [3.63, 3.8) is 0 Å². The largest absolute Gasteiger partial charge is 0.493 e. The first kappa shape index (κ1) is 12.9. The zero-order chi connectivity index (χ0) is 13.2. The highest BCUT2D eigenvalue weighted by Crippen LogP contribution is 2.35. The molecule has 1 aliphatic rings. The number of aromatic nitrogens is 1. The van der Waals surface area contributed by atoms with Gasteiger partial charge in [0.1, 0.15) is 11.6 Å². The van der Waals surface area contributed by atoms with Gasteiger partial charge >= 0.3 is 0 Å². The quantitative estimate of drug-likeness (QED) is 0.826. The summed E-state index contributed by atoms with van der Waals surface area (Å²) in [6.07, 6.45) is 2.72. The van der Waals surface area contributed by atoms with Crippen molar-refractivity contribution in [3.05, 3.63) is 51.0 Å². The first-order valence-electron chi connectivity index (χ1n) is 6.03. The Morgan fingerprint density at radius 1 is 1.26 bits per heavy atom. The maximum absolute atomic E-state index is 5.66. The molecule has 1 unspecified atom stereocenters. The van der Waals surface area contributed by atoms with E-state index in [0.29, 0.717) is 0 Å². The monoisotopic (exact) mass is 382 g/mol. The maximum Gasteiger partial charge on any atom is 0.140 e. The number of pyridine rings is 1. The van der Waals surface area contributed by atoms with Gasteiger partial charge < -0.3 is 10.1 Å². The third-order valence-corrected chi connectivity index (χ3v) is 4.12. The van der Waals surface area contributed by atoms with Crippen LogP contribution in [0.2, 0.25) is 0 Å². The number of fused-ring (bicyclic) bond motifs is 1. The molecule has 19 heavy (non-hydrogen) atoms. The van der Waals surface area contributed by atoms with Crippen LogP contribution >= 0.6 is 31.9 Å². The lowest BCUT2D eigenvalue weighted by atomic mass is 10.0. The smallest absolute Gasteiger partial charge is 0.140 e. The number of ether oxygens (including phenoxy) is 1. The Bertz CT molecular complexity index is 604. The summed E-state index contributed by atoms with van der Waals surface area (Å²) < 4.78 is 7.57. The first-order chi connectivity index (χ1) is 9.24. The Kier molecular flexibility index (Phi) is 3.75. The SMILES string of the molecule is Brc1cnc(NC2CCOc3ccccc32)c(Br)c1. The Hall–Kier alpha value is -1.07. The van der Waals surface area contributed by atoms with Gasteiger partial charge in [0.2, 0.25) is 0 Å². The second-order valence-electron chi connectivity index (χ2n) is 4.36. The molecule has 0 bridgehead atoms. The summed E-state index contributed by atoms with van der Waals surface area (Å²) >= 11 is 6.93. The lowest BCUT2D eigenvalue weighted by Crippen LogP contribution is -2.20. The van der Waals surface area contributed by atoms with E-state index in [4.69, 9.17) is 4.74 Å². The van der Waals surface area contributed by atoms with Gasteiger partial charge in [-0.05, 0) is 44.0 Å². The third-order valence-electron chi connectivity index (χ3n) is 3.08. The van der Waals surface area contributed by atoms with Crippen LogP contribution in [0.1, 0.15) is 18.0 Å². The lowest BCUT2D eigenvalue weighted by Gasteiger charge is -2.27. The van der Waals surface area contributed by atoms with E-state index >= 15 is 0 Å². The second kappa shape index (κ2) is 5.51. The molecule has 0 saturated carbocycles. The number of benzene rings is 1. The molecule has 2 heterocycles. The summed E-state index contributed by atoms with van der Waals surface area (Å²) in [4.78, 5) is 4.40. The maximum atomic E-state index is 5.66.